The predicted octanol–water partition coefficient (Wildman–Crippen LogP) is 2.10. The molecule has 1 rings (SSSR count). The second-order valence-electron chi connectivity index (χ2n) is 5.39. The van der Waals surface area contributed by atoms with Crippen LogP contribution in [0.3, 0.4) is 0 Å². The lowest BCUT2D eigenvalue weighted by atomic mass is 9.95. The number of carbonyl (C=O) groups is 1. The molecule has 0 aromatic heterocycles. The molecular formula is C15H23NO2S. The van der Waals surface area contributed by atoms with Crippen LogP contribution >= 0.6 is 11.8 Å². The molecule has 4 heteroatoms. The lowest BCUT2D eigenvalue weighted by Crippen LogP contribution is -2.36. The van der Waals surface area contributed by atoms with E-state index in [9.17, 15) is 4.79 Å². The van der Waals surface area contributed by atoms with Gasteiger partial charge in [-0.05, 0) is 17.7 Å². The molecule has 106 valence electrons. The largest absolute Gasteiger partial charge is 0.396 e. The maximum Gasteiger partial charge on any atom is 0.230 e. The van der Waals surface area contributed by atoms with E-state index in [1.54, 1.807) is 11.8 Å². The Kier molecular flexibility index (Phi) is 6.95. The maximum absolute atomic E-state index is 11.6. The summed E-state index contributed by atoms with van der Waals surface area (Å²) in [6.45, 7) is 4.45. The van der Waals surface area contributed by atoms with E-state index in [4.69, 9.17) is 5.11 Å². The van der Waals surface area contributed by atoms with E-state index in [1.165, 1.54) is 5.56 Å². The SMILES string of the molecule is CC(C)(CO)CNC(=O)CSCCc1ccccc1. The first-order valence-electron chi connectivity index (χ1n) is 6.53. The summed E-state index contributed by atoms with van der Waals surface area (Å²) in [4.78, 5) is 11.6. The van der Waals surface area contributed by atoms with Crippen molar-refractivity contribution in [2.24, 2.45) is 5.41 Å². The Morgan fingerprint density at radius 1 is 1.32 bits per heavy atom. The molecule has 1 aromatic rings. The third-order valence-electron chi connectivity index (χ3n) is 2.80. The van der Waals surface area contributed by atoms with Gasteiger partial charge in [0.2, 0.25) is 5.91 Å². The topological polar surface area (TPSA) is 49.3 Å². The third kappa shape index (κ3) is 7.23. The van der Waals surface area contributed by atoms with Crippen molar-refractivity contribution in [2.45, 2.75) is 20.3 Å². The van der Waals surface area contributed by atoms with Gasteiger partial charge in [0.15, 0.2) is 0 Å². The molecule has 2 N–H and O–H groups in total. The Labute approximate surface area is 119 Å². The zero-order valence-corrected chi connectivity index (χ0v) is 12.5. The van der Waals surface area contributed by atoms with Crippen molar-refractivity contribution in [3.8, 4) is 0 Å². The van der Waals surface area contributed by atoms with Crippen molar-refractivity contribution < 1.29 is 9.90 Å². The van der Waals surface area contributed by atoms with Gasteiger partial charge in [-0.25, -0.2) is 0 Å². The van der Waals surface area contributed by atoms with Crippen molar-refractivity contribution in [2.75, 3.05) is 24.7 Å². The molecule has 0 bridgehead atoms. The average molecular weight is 281 g/mol. The van der Waals surface area contributed by atoms with Gasteiger partial charge in [0.1, 0.15) is 0 Å². The summed E-state index contributed by atoms with van der Waals surface area (Å²) in [6.07, 6.45) is 0.987. The van der Waals surface area contributed by atoms with Crippen LogP contribution < -0.4 is 5.32 Å². The molecule has 0 saturated carbocycles. The number of thioether (sulfide) groups is 1. The quantitative estimate of drug-likeness (QED) is 0.717. The van der Waals surface area contributed by atoms with E-state index in [0.717, 1.165) is 12.2 Å². The Morgan fingerprint density at radius 3 is 2.63 bits per heavy atom. The number of aliphatic hydroxyl groups excluding tert-OH is 1. The van der Waals surface area contributed by atoms with Gasteiger partial charge in [0.25, 0.3) is 0 Å². The van der Waals surface area contributed by atoms with Gasteiger partial charge in [-0.15, -0.1) is 0 Å². The number of aryl methyl sites for hydroxylation is 1. The molecule has 19 heavy (non-hydrogen) atoms. The van der Waals surface area contributed by atoms with Crippen LogP contribution in [0.4, 0.5) is 0 Å². The summed E-state index contributed by atoms with van der Waals surface area (Å²) in [5.41, 5.74) is 1.06. The molecule has 0 fully saturated rings. The van der Waals surface area contributed by atoms with E-state index < -0.39 is 0 Å². The molecule has 0 saturated heterocycles. The molecule has 0 radical (unpaired) electrons. The Bertz CT molecular complexity index is 379. The van der Waals surface area contributed by atoms with Crippen LogP contribution in [0.25, 0.3) is 0 Å². The molecule has 0 aliphatic carbocycles. The summed E-state index contributed by atoms with van der Waals surface area (Å²) in [6, 6.07) is 10.3. The zero-order chi connectivity index (χ0) is 14.1. The zero-order valence-electron chi connectivity index (χ0n) is 11.7. The van der Waals surface area contributed by atoms with Crippen LogP contribution in [0.2, 0.25) is 0 Å². The first kappa shape index (κ1) is 16.1. The van der Waals surface area contributed by atoms with Gasteiger partial charge in [-0.3, -0.25) is 4.79 Å². The predicted molar refractivity (Wildman–Crippen MR) is 81.3 cm³/mol. The summed E-state index contributed by atoms with van der Waals surface area (Å²) < 4.78 is 0. The first-order chi connectivity index (χ1) is 9.03. The van der Waals surface area contributed by atoms with Crippen molar-refractivity contribution in [1.29, 1.82) is 0 Å². The van der Waals surface area contributed by atoms with Gasteiger partial charge >= 0.3 is 0 Å². The van der Waals surface area contributed by atoms with E-state index in [1.807, 2.05) is 32.0 Å². The Hall–Kier alpha value is -1.00. The van der Waals surface area contributed by atoms with Crippen molar-refractivity contribution >= 4 is 17.7 Å². The standard InChI is InChI=1S/C15H23NO2S/c1-15(2,12-17)11-16-14(18)10-19-9-8-13-6-4-3-5-7-13/h3-7,17H,8-12H2,1-2H3,(H,16,18). The van der Waals surface area contributed by atoms with Gasteiger partial charge in [-0.2, -0.15) is 11.8 Å². The highest BCUT2D eigenvalue weighted by Gasteiger charge is 2.17. The number of hydrogen-bond acceptors (Lipinski definition) is 3. The fraction of sp³-hybridized carbons (Fsp3) is 0.533. The van der Waals surface area contributed by atoms with E-state index in [2.05, 4.69) is 17.4 Å². The molecule has 0 aliphatic rings. The van der Waals surface area contributed by atoms with E-state index >= 15 is 0 Å². The highest BCUT2D eigenvalue weighted by Crippen LogP contribution is 2.11. The highest BCUT2D eigenvalue weighted by atomic mass is 32.2. The van der Waals surface area contributed by atoms with E-state index in [-0.39, 0.29) is 17.9 Å². The van der Waals surface area contributed by atoms with Gasteiger partial charge in [-0.1, -0.05) is 44.2 Å². The van der Waals surface area contributed by atoms with Crippen molar-refractivity contribution in [3.05, 3.63) is 35.9 Å². The molecule has 0 heterocycles. The smallest absolute Gasteiger partial charge is 0.230 e. The number of amides is 1. The van der Waals surface area contributed by atoms with Crippen LogP contribution in [0.1, 0.15) is 19.4 Å². The summed E-state index contributed by atoms with van der Waals surface area (Å²) in [5, 5.41) is 11.9. The summed E-state index contributed by atoms with van der Waals surface area (Å²) in [5.74, 6) is 1.47. The highest BCUT2D eigenvalue weighted by molar-refractivity contribution is 7.99. The van der Waals surface area contributed by atoms with Gasteiger partial charge < -0.3 is 10.4 Å². The maximum atomic E-state index is 11.6. The number of nitrogens with one attached hydrogen (secondary N) is 1. The molecule has 1 amide bonds. The molecular weight excluding hydrogens is 258 g/mol. The first-order valence-corrected chi connectivity index (χ1v) is 7.68. The van der Waals surface area contributed by atoms with Gasteiger partial charge in [0, 0.05) is 18.6 Å². The van der Waals surface area contributed by atoms with Crippen molar-refractivity contribution in [3.63, 3.8) is 0 Å². The fourth-order valence-corrected chi connectivity index (χ4v) is 2.26. The Morgan fingerprint density at radius 2 is 2.00 bits per heavy atom. The Balaban J connectivity index is 2.11. The lowest BCUT2D eigenvalue weighted by molar-refractivity contribution is -0.119. The number of aliphatic hydroxyl groups is 1. The number of rotatable bonds is 8. The minimum atomic E-state index is -0.246. The number of carbonyl (C=O) groups excluding carboxylic acids is 1. The molecule has 0 unspecified atom stereocenters. The summed E-state index contributed by atoms with van der Waals surface area (Å²) >= 11 is 1.64. The minimum absolute atomic E-state index is 0.0413. The van der Waals surface area contributed by atoms with Crippen LogP contribution in [0.5, 0.6) is 0 Å². The third-order valence-corrected chi connectivity index (χ3v) is 3.76. The molecule has 0 spiro atoms. The lowest BCUT2D eigenvalue weighted by Gasteiger charge is -2.21. The van der Waals surface area contributed by atoms with Crippen LogP contribution in [-0.2, 0) is 11.2 Å². The number of hydrogen-bond donors (Lipinski definition) is 2. The molecule has 3 nitrogen and oxygen atoms in total. The number of benzene rings is 1. The monoisotopic (exact) mass is 281 g/mol. The fourth-order valence-electron chi connectivity index (χ4n) is 1.44. The minimum Gasteiger partial charge on any atom is -0.396 e. The molecule has 1 aromatic carbocycles. The second-order valence-corrected chi connectivity index (χ2v) is 6.49. The second kappa shape index (κ2) is 8.23. The van der Waals surface area contributed by atoms with Gasteiger partial charge in [0.05, 0.1) is 5.75 Å². The molecule has 0 aliphatic heterocycles. The van der Waals surface area contributed by atoms with E-state index in [0.29, 0.717) is 12.3 Å². The van der Waals surface area contributed by atoms with Crippen LogP contribution in [-0.4, -0.2) is 35.7 Å². The van der Waals surface area contributed by atoms with Crippen LogP contribution in [0, 0.1) is 5.41 Å². The van der Waals surface area contributed by atoms with Crippen molar-refractivity contribution in [1.82, 2.24) is 5.32 Å². The summed E-state index contributed by atoms with van der Waals surface area (Å²) in [7, 11) is 0. The average Bonchev–Trinajstić information content (AvgIpc) is 2.43. The normalized spacial score (nSPS) is 11.3. The van der Waals surface area contributed by atoms with Crippen LogP contribution in [0.15, 0.2) is 30.3 Å². The molecule has 0 atom stereocenters.